The predicted molar refractivity (Wildman–Crippen MR) is 66.7 cm³/mol. The van der Waals surface area contributed by atoms with E-state index < -0.39 is 0 Å². The van der Waals surface area contributed by atoms with Crippen molar-refractivity contribution >= 4 is 11.7 Å². The molecule has 0 atom stereocenters. The fourth-order valence-electron chi connectivity index (χ4n) is 1.65. The van der Waals surface area contributed by atoms with Crippen LogP contribution in [-0.4, -0.2) is 19.2 Å². The molecular weight excluding hydrogens is 235 g/mol. The Hall–Kier alpha value is -1.88. The van der Waals surface area contributed by atoms with Crippen molar-refractivity contribution in [2.24, 2.45) is 0 Å². The van der Waals surface area contributed by atoms with Crippen LogP contribution in [0.5, 0.6) is 0 Å². The summed E-state index contributed by atoms with van der Waals surface area (Å²) in [6, 6.07) is 5.28. The molecule has 1 aromatic rings. The molecule has 0 bridgehead atoms. The van der Waals surface area contributed by atoms with E-state index in [1.165, 1.54) is 24.3 Å². The number of nitrogens with one attached hydrogen (secondary N) is 2. The average molecular weight is 250 g/mol. The van der Waals surface area contributed by atoms with Gasteiger partial charge in [-0.3, -0.25) is 0 Å². The Bertz CT molecular complexity index is 435. The molecule has 0 aromatic heterocycles. The van der Waals surface area contributed by atoms with E-state index in [4.69, 9.17) is 4.74 Å². The third-order valence-corrected chi connectivity index (χ3v) is 2.64. The number of anilines is 1. The second-order valence-electron chi connectivity index (χ2n) is 4.02. The maximum atomic E-state index is 12.7. The van der Waals surface area contributed by atoms with Crippen molar-refractivity contribution in [2.75, 3.05) is 18.5 Å². The summed E-state index contributed by atoms with van der Waals surface area (Å²) in [5.74, 6) is -0.328. The smallest absolute Gasteiger partial charge is 0.323 e. The maximum absolute atomic E-state index is 12.7. The van der Waals surface area contributed by atoms with Crippen LogP contribution in [0.1, 0.15) is 12.8 Å². The number of rotatable bonds is 2. The van der Waals surface area contributed by atoms with Crippen molar-refractivity contribution in [3.05, 3.63) is 41.9 Å². The summed E-state index contributed by atoms with van der Waals surface area (Å²) in [5.41, 5.74) is 1.72. The number of benzene rings is 1. The lowest BCUT2D eigenvalue weighted by atomic mass is 10.1. The van der Waals surface area contributed by atoms with Crippen LogP contribution in [0.3, 0.4) is 0 Å². The third-order valence-electron chi connectivity index (χ3n) is 2.64. The van der Waals surface area contributed by atoms with Gasteiger partial charge in [0.25, 0.3) is 0 Å². The Morgan fingerprint density at radius 3 is 2.56 bits per heavy atom. The average Bonchev–Trinajstić information content (AvgIpc) is 2.40. The summed E-state index contributed by atoms with van der Waals surface area (Å²) in [5, 5.41) is 5.27. The zero-order valence-electron chi connectivity index (χ0n) is 9.91. The first-order valence-corrected chi connectivity index (χ1v) is 5.83. The molecule has 2 amide bonds. The summed E-state index contributed by atoms with van der Waals surface area (Å²) >= 11 is 0. The lowest BCUT2D eigenvalue weighted by Gasteiger charge is -2.14. The van der Waals surface area contributed by atoms with Crippen molar-refractivity contribution < 1.29 is 13.9 Å². The largest absolute Gasteiger partial charge is 0.381 e. The number of hydrogen-bond acceptors (Lipinski definition) is 2. The highest BCUT2D eigenvalue weighted by atomic mass is 19.1. The molecule has 0 spiro atoms. The minimum absolute atomic E-state index is 0.328. The summed E-state index contributed by atoms with van der Waals surface area (Å²) in [6.07, 6.45) is 3.40. The summed E-state index contributed by atoms with van der Waals surface area (Å²) in [7, 11) is 0. The van der Waals surface area contributed by atoms with Gasteiger partial charge in [0, 0.05) is 11.9 Å². The molecule has 0 aliphatic carbocycles. The van der Waals surface area contributed by atoms with E-state index in [2.05, 4.69) is 10.6 Å². The van der Waals surface area contributed by atoms with Crippen molar-refractivity contribution in [3.63, 3.8) is 0 Å². The number of ether oxygens (including phenoxy) is 1. The SMILES string of the molecule is O=C(NC=C1CCOCC1)Nc1ccc(F)cc1. The van der Waals surface area contributed by atoms with Crippen molar-refractivity contribution in [1.29, 1.82) is 0 Å². The highest BCUT2D eigenvalue weighted by Crippen LogP contribution is 2.12. The maximum Gasteiger partial charge on any atom is 0.323 e. The quantitative estimate of drug-likeness (QED) is 0.847. The van der Waals surface area contributed by atoms with Gasteiger partial charge in [-0.2, -0.15) is 0 Å². The van der Waals surface area contributed by atoms with Crippen molar-refractivity contribution in [3.8, 4) is 0 Å². The molecule has 2 N–H and O–H groups in total. The Morgan fingerprint density at radius 2 is 1.89 bits per heavy atom. The topological polar surface area (TPSA) is 50.4 Å². The molecule has 18 heavy (non-hydrogen) atoms. The molecule has 1 fully saturated rings. The first-order valence-electron chi connectivity index (χ1n) is 5.83. The molecular formula is C13H15FN2O2. The van der Waals surface area contributed by atoms with Crippen LogP contribution in [0.15, 0.2) is 36.0 Å². The normalized spacial score (nSPS) is 15.1. The zero-order chi connectivity index (χ0) is 12.8. The van der Waals surface area contributed by atoms with E-state index in [1.54, 1.807) is 6.20 Å². The molecule has 2 rings (SSSR count). The van der Waals surface area contributed by atoms with Crippen LogP contribution in [0.25, 0.3) is 0 Å². The molecule has 1 aromatic carbocycles. The van der Waals surface area contributed by atoms with Gasteiger partial charge in [0.2, 0.25) is 0 Å². The number of carbonyl (C=O) groups is 1. The van der Waals surface area contributed by atoms with Gasteiger partial charge >= 0.3 is 6.03 Å². The number of amides is 2. The lowest BCUT2D eigenvalue weighted by Crippen LogP contribution is -2.25. The number of urea groups is 1. The van der Waals surface area contributed by atoms with Gasteiger partial charge in [-0.05, 0) is 42.7 Å². The number of hydrogen-bond donors (Lipinski definition) is 2. The van der Waals surface area contributed by atoms with E-state index in [1.807, 2.05) is 0 Å². The van der Waals surface area contributed by atoms with Crippen LogP contribution in [-0.2, 0) is 4.74 Å². The zero-order valence-corrected chi connectivity index (χ0v) is 9.91. The van der Waals surface area contributed by atoms with E-state index in [9.17, 15) is 9.18 Å². The Labute approximate surface area is 105 Å². The standard InChI is InChI=1S/C13H15FN2O2/c14-11-1-3-12(4-2-11)16-13(17)15-9-10-5-7-18-8-6-10/h1-4,9H,5-8H2,(H2,15,16,17). The lowest BCUT2D eigenvalue weighted by molar-refractivity contribution is 0.119. The summed E-state index contributed by atoms with van der Waals surface area (Å²) in [4.78, 5) is 11.5. The molecule has 96 valence electrons. The Kier molecular flexibility index (Phi) is 4.30. The van der Waals surface area contributed by atoms with Crippen LogP contribution in [0.2, 0.25) is 0 Å². The van der Waals surface area contributed by atoms with Crippen LogP contribution < -0.4 is 10.6 Å². The minimum Gasteiger partial charge on any atom is -0.381 e. The van der Waals surface area contributed by atoms with Gasteiger partial charge in [0.1, 0.15) is 5.82 Å². The highest BCUT2D eigenvalue weighted by Gasteiger charge is 2.06. The fraction of sp³-hybridized carbons (Fsp3) is 0.308. The fourth-order valence-corrected chi connectivity index (χ4v) is 1.65. The molecule has 1 heterocycles. The van der Waals surface area contributed by atoms with Crippen LogP contribution in [0, 0.1) is 5.82 Å². The van der Waals surface area contributed by atoms with E-state index in [0.717, 1.165) is 18.4 Å². The van der Waals surface area contributed by atoms with E-state index in [0.29, 0.717) is 18.9 Å². The highest BCUT2D eigenvalue weighted by molar-refractivity contribution is 5.89. The van der Waals surface area contributed by atoms with Gasteiger partial charge in [0.05, 0.1) is 13.2 Å². The molecule has 1 aliphatic heterocycles. The van der Waals surface area contributed by atoms with E-state index >= 15 is 0 Å². The second-order valence-corrected chi connectivity index (χ2v) is 4.02. The number of carbonyl (C=O) groups excluding carboxylic acids is 1. The van der Waals surface area contributed by atoms with Gasteiger partial charge in [-0.15, -0.1) is 0 Å². The van der Waals surface area contributed by atoms with Gasteiger partial charge in [0.15, 0.2) is 0 Å². The van der Waals surface area contributed by atoms with Crippen LogP contribution >= 0.6 is 0 Å². The minimum atomic E-state index is -0.333. The molecule has 5 heteroatoms. The molecule has 1 aliphatic rings. The third kappa shape index (κ3) is 3.85. The Balaban J connectivity index is 1.83. The van der Waals surface area contributed by atoms with Gasteiger partial charge in [-0.25, -0.2) is 9.18 Å². The molecule has 1 saturated heterocycles. The van der Waals surface area contributed by atoms with Crippen molar-refractivity contribution in [2.45, 2.75) is 12.8 Å². The Morgan fingerprint density at radius 1 is 1.22 bits per heavy atom. The molecule has 0 saturated carbocycles. The second kappa shape index (κ2) is 6.16. The predicted octanol–water partition coefficient (Wildman–Crippen LogP) is 2.64. The first kappa shape index (κ1) is 12.6. The molecule has 0 unspecified atom stereocenters. The van der Waals surface area contributed by atoms with Gasteiger partial charge < -0.3 is 15.4 Å². The first-order chi connectivity index (χ1) is 8.74. The monoisotopic (exact) mass is 250 g/mol. The van der Waals surface area contributed by atoms with Crippen LogP contribution in [0.4, 0.5) is 14.9 Å². The van der Waals surface area contributed by atoms with E-state index in [-0.39, 0.29) is 11.8 Å². The molecule has 0 radical (unpaired) electrons. The van der Waals surface area contributed by atoms with Gasteiger partial charge in [-0.1, -0.05) is 0 Å². The summed E-state index contributed by atoms with van der Waals surface area (Å²) < 4.78 is 17.9. The summed E-state index contributed by atoms with van der Waals surface area (Å²) in [6.45, 7) is 1.40. The molecule has 4 nitrogen and oxygen atoms in total. The van der Waals surface area contributed by atoms with Crippen molar-refractivity contribution in [1.82, 2.24) is 5.32 Å². The number of halogens is 1.